The third-order valence-electron chi connectivity index (χ3n) is 3.64. The van der Waals surface area contributed by atoms with Crippen LogP contribution in [0.4, 0.5) is 0 Å². The molecule has 0 aliphatic carbocycles. The van der Waals surface area contributed by atoms with Crippen molar-refractivity contribution in [1.29, 1.82) is 0 Å². The molecule has 0 unspecified atom stereocenters. The Morgan fingerprint density at radius 2 is 2.27 bits per heavy atom. The van der Waals surface area contributed by atoms with E-state index in [9.17, 15) is 9.59 Å². The van der Waals surface area contributed by atoms with E-state index in [0.717, 1.165) is 25.3 Å². The van der Waals surface area contributed by atoms with Crippen LogP contribution in [0.25, 0.3) is 0 Å². The summed E-state index contributed by atoms with van der Waals surface area (Å²) in [4.78, 5) is 28.8. The Labute approximate surface area is 130 Å². The number of hydrogen-bond donors (Lipinski definition) is 2. The van der Waals surface area contributed by atoms with E-state index < -0.39 is 0 Å². The number of morpholine rings is 1. The molecule has 2 rings (SSSR count). The van der Waals surface area contributed by atoms with Gasteiger partial charge in [-0.2, -0.15) is 0 Å². The van der Waals surface area contributed by atoms with E-state index in [4.69, 9.17) is 4.74 Å². The lowest BCUT2D eigenvalue weighted by Crippen LogP contribution is -2.48. The predicted molar refractivity (Wildman–Crippen MR) is 85.2 cm³/mol. The van der Waals surface area contributed by atoms with Crippen LogP contribution in [0.5, 0.6) is 0 Å². The third kappa shape index (κ3) is 4.68. The molecule has 0 spiro atoms. The Kier molecular flexibility index (Phi) is 5.74. The van der Waals surface area contributed by atoms with Crippen molar-refractivity contribution in [2.45, 2.75) is 26.9 Å². The molecule has 0 aromatic carbocycles. The monoisotopic (exact) mass is 307 g/mol. The Morgan fingerprint density at radius 1 is 1.50 bits per heavy atom. The van der Waals surface area contributed by atoms with Crippen LogP contribution in [0.15, 0.2) is 16.9 Å². The lowest BCUT2D eigenvalue weighted by molar-refractivity contribution is -0.0295. The molecule has 122 valence electrons. The molecule has 1 aliphatic rings. The van der Waals surface area contributed by atoms with Crippen LogP contribution in [0.3, 0.4) is 0 Å². The van der Waals surface area contributed by atoms with E-state index in [1.807, 2.05) is 0 Å². The fourth-order valence-electron chi connectivity index (χ4n) is 2.64. The third-order valence-corrected chi connectivity index (χ3v) is 3.64. The number of amides is 1. The first kappa shape index (κ1) is 16.7. The van der Waals surface area contributed by atoms with Crippen LogP contribution in [0, 0.1) is 12.8 Å². The number of hydrogen-bond acceptors (Lipinski definition) is 4. The zero-order valence-corrected chi connectivity index (χ0v) is 13.5. The highest BCUT2D eigenvalue weighted by atomic mass is 16.5. The summed E-state index contributed by atoms with van der Waals surface area (Å²) in [5.74, 6) is 0.255. The molecule has 1 fully saturated rings. The topological polar surface area (TPSA) is 74.4 Å². The largest absolute Gasteiger partial charge is 0.374 e. The minimum atomic E-state index is -0.358. The molecule has 6 nitrogen and oxygen atoms in total. The smallest absolute Gasteiger partial charge is 0.260 e. The number of aromatic nitrogens is 1. The Morgan fingerprint density at radius 3 is 2.95 bits per heavy atom. The van der Waals surface area contributed by atoms with Crippen molar-refractivity contribution >= 4 is 5.91 Å². The Bertz CT molecular complexity index is 568. The van der Waals surface area contributed by atoms with Crippen molar-refractivity contribution in [2.75, 3.05) is 32.8 Å². The molecule has 1 atom stereocenters. The molecule has 1 saturated heterocycles. The van der Waals surface area contributed by atoms with Gasteiger partial charge >= 0.3 is 0 Å². The van der Waals surface area contributed by atoms with Gasteiger partial charge in [0.2, 0.25) is 0 Å². The molecule has 6 heteroatoms. The van der Waals surface area contributed by atoms with Crippen molar-refractivity contribution < 1.29 is 9.53 Å². The van der Waals surface area contributed by atoms with Gasteiger partial charge in [-0.15, -0.1) is 0 Å². The first-order valence-corrected chi connectivity index (χ1v) is 7.77. The lowest BCUT2D eigenvalue weighted by Gasteiger charge is -2.33. The van der Waals surface area contributed by atoms with Gasteiger partial charge in [0.1, 0.15) is 5.56 Å². The van der Waals surface area contributed by atoms with Gasteiger partial charge in [0.15, 0.2) is 0 Å². The van der Waals surface area contributed by atoms with Gasteiger partial charge in [-0.05, 0) is 25.0 Å². The second-order valence-electron chi connectivity index (χ2n) is 6.24. The SMILES string of the molecule is Cc1ccc(C(=O)NC[C@H]2CN(CC(C)C)CCO2)c(=O)[nH]1. The molecule has 1 amide bonds. The quantitative estimate of drug-likeness (QED) is 0.842. The van der Waals surface area contributed by atoms with Crippen LogP contribution in [0.2, 0.25) is 0 Å². The van der Waals surface area contributed by atoms with E-state index >= 15 is 0 Å². The zero-order valence-electron chi connectivity index (χ0n) is 13.5. The average molecular weight is 307 g/mol. The van der Waals surface area contributed by atoms with E-state index in [1.54, 1.807) is 19.1 Å². The van der Waals surface area contributed by atoms with Gasteiger partial charge < -0.3 is 15.0 Å². The van der Waals surface area contributed by atoms with Gasteiger partial charge in [0.25, 0.3) is 11.5 Å². The Hall–Kier alpha value is -1.66. The van der Waals surface area contributed by atoms with Gasteiger partial charge in [0.05, 0.1) is 12.7 Å². The number of nitrogens with zero attached hydrogens (tertiary/aromatic N) is 1. The molecule has 0 radical (unpaired) electrons. The van der Waals surface area contributed by atoms with Gasteiger partial charge in [0, 0.05) is 31.9 Å². The van der Waals surface area contributed by atoms with Crippen molar-refractivity contribution in [1.82, 2.24) is 15.2 Å². The van der Waals surface area contributed by atoms with Crippen LogP contribution < -0.4 is 10.9 Å². The number of carbonyl (C=O) groups is 1. The highest BCUT2D eigenvalue weighted by Crippen LogP contribution is 2.07. The zero-order chi connectivity index (χ0) is 16.1. The summed E-state index contributed by atoms with van der Waals surface area (Å²) in [6.45, 7) is 10.0. The first-order chi connectivity index (χ1) is 10.5. The summed E-state index contributed by atoms with van der Waals surface area (Å²) >= 11 is 0. The van der Waals surface area contributed by atoms with Crippen molar-refractivity contribution in [3.8, 4) is 0 Å². The number of H-pyrrole nitrogens is 1. The number of pyridine rings is 1. The lowest BCUT2D eigenvalue weighted by atomic mass is 10.1. The van der Waals surface area contributed by atoms with Gasteiger partial charge in [-0.3, -0.25) is 14.5 Å². The summed E-state index contributed by atoms with van der Waals surface area (Å²) < 4.78 is 5.68. The summed E-state index contributed by atoms with van der Waals surface area (Å²) in [5.41, 5.74) is 0.519. The van der Waals surface area contributed by atoms with Crippen molar-refractivity contribution in [3.63, 3.8) is 0 Å². The average Bonchev–Trinajstić information content (AvgIpc) is 2.44. The van der Waals surface area contributed by atoms with Gasteiger partial charge in [-0.1, -0.05) is 13.8 Å². The van der Waals surface area contributed by atoms with Crippen LogP contribution in [-0.4, -0.2) is 54.7 Å². The predicted octanol–water partition coefficient (Wildman–Crippen LogP) is 0.770. The first-order valence-electron chi connectivity index (χ1n) is 7.77. The standard InChI is InChI=1S/C16H25N3O3/c1-11(2)9-19-6-7-22-13(10-19)8-17-15(20)14-5-4-12(3)18-16(14)21/h4-5,11,13H,6-10H2,1-3H3,(H,17,20)(H,18,21)/t13-/m0/s1. The maximum absolute atomic E-state index is 12.1. The van der Waals surface area contributed by atoms with Gasteiger partial charge in [-0.25, -0.2) is 0 Å². The highest BCUT2D eigenvalue weighted by Gasteiger charge is 2.22. The molecule has 0 saturated carbocycles. The van der Waals surface area contributed by atoms with E-state index in [1.165, 1.54) is 0 Å². The highest BCUT2D eigenvalue weighted by molar-refractivity contribution is 5.93. The molecular weight excluding hydrogens is 282 g/mol. The van der Waals surface area contributed by atoms with Crippen LogP contribution in [0.1, 0.15) is 29.9 Å². The molecular formula is C16H25N3O3. The molecule has 2 N–H and O–H groups in total. The maximum Gasteiger partial charge on any atom is 0.260 e. The number of ether oxygens (including phenoxy) is 1. The summed E-state index contributed by atoms with van der Waals surface area (Å²) in [5, 5.41) is 2.79. The van der Waals surface area contributed by atoms with E-state index in [2.05, 4.69) is 29.0 Å². The maximum atomic E-state index is 12.1. The molecule has 1 aromatic rings. The minimum absolute atomic E-state index is 0.0269. The second-order valence-corrected chi connectivity index (χ2v) is 6.24. The molecule has 2 heterocycles. The van der Waals surface area contributed by atoms with E-state index in [-0.39, 0.29) is 23.1 Å². The summed E-state index contributed by atoms with van der Waals surface area (Å²) in [7, 11) is 0. The number of aromatic amines is 1. The number of carbonyl (C=O) groups excluding carboxylic acids is 1. The molecule has 1 aromatic heterocycles. The summed E-state index contributed by atoms with van der Waals surface area (Å²) in [6.07, 6.45) is -0.0269. The normalized spacial score (nSPS) is 19.4. The molecule has 0 bridgehead atoms. The number of nitrogens with one attached hydrogen (secondary N) is 2. The van der Waals surface area contributed by atoms with Crippen molar-refractivity contribution in [2.24, 2.45) is 5.92 Å². The summed E-state index contributed by atoms with van der Waals surface area (Å²) in [6, 6.07) is 3.27. The minimum Gasteiger partial charge on any atom is -0.374 e. The second kappa shape index (κ2) is 7.56. The molecule has 22 heavy (non-hydrogen) atoms. The molecule has 1 aliphatic heterocycles. The van der Waals surface area contributed by atoms with Crippen LogP contribution in [-0.2, 0) is 4.74 Å². The Balaban J connectivity index is 1.86. The fourth-order valence-corrected chi connectivity index (χ4v) is 2.64. The van der Waals surface area contributed by atoms with E-state index in [0.29, 0.717) is 19.1 Å². The van der Waals surface area contributed by atoms with Crippen LogP contribution >= 0.6 is 0 Å². The van der Waals surface area contributed by atoms with Crippen molar-refractivity contribution in [3.05, 3.63) is 33.7 Å². The number of rotatable bonds is 5. The number of aryl methyl sites for hydroxylation is 1. The fraction of sp³-hybridized carbons (Fsp3) is 0.625.